The molecule has 4 aromatic rings. The van der Waals surface area contributed by atoms with Gasteiger partial charge in [-0.15, -0.1) is 11.3 Å². The zero-order valence-corrected chi connectivity index (χ0v) is 20.7. The van der Waals surface area contributed by atoms with E-state index in [9.17, 15) is 14.0 Å². The standard InChI is InChI=1S/C27H26FN5O2S/c1-31-14-23(17-2-5-19(28)6-3-17)22-7-4-18(10-25(22)31)26(34)33-12-21(13-33)30-20-8-9-32(11-20)27(35)24-15-36-16-29-24/h2-7,10,14-16,20-21,30H,8-9,11-13H2,1H3/t20-/m0/s1. The number of hydrogen-bond donors (Lipinski definition) is 1. The summed E-state index contributed by atoms with van der Waals surface area (Å²) in [7, 11) is 1.96. The maximum Gasteiger partial charge on any atom is 0.273 e. The minimum atomic E-state index is -0.261. The van der Waals surface area contributed by atoms with E-state index in [0.29, 0.717) is 30.9 Å². The van der Waals surface area contributed by atoms with E-state index in [2.05, 4.69) is 10.3 Å². The van der Waals surface area contributed by atoms with Crippen LogP contribution in [0.5, 0.6) is 0 Å². The molecule has 2 aromatic carbocycles. The fourth-order valence-electron chi connectivity index (χ4n) is 5.20. The molecule has 0 saturated carbocycles. The van der Waals surface area contributed by atoms with Gasteiger partial charge in [0.15, 0.2) is 0 Å². The van der Waals surface area contributed by atoms with Gasteiger partial charge in [0.1, 0.15) is 11.5 Å². The van der Waals surface area contributed by atoms with Gasteiger partial charge in [0.05, 0.1) is 5.51 Å². The van der Waals surface area contributed by atoms with Crippen LogP contribution in [-0.2, 0) is 7.05 Å². The quantitative estimate of drug-likeness (QED) is 0.450. The Morgan fingerprint density at radius 1 is 1.03 bits per heavy atom. The summed E-state index contributed by atoms with van der Waals surface area (Å²) in [5.41, 5.74) is 5.77. The van der Waals surface area contributed by atoms with Gasteiger partial charge in [-0.25, -0.2) is 9.37 Å². The van der Waals surface area contributed by atoms with E-state index >= 15 is 0 Å². The van der Waals surface area contributed by atoms with Crippen molar-refractivity contribution in [2.75, 3.05) is 26.2 Å². The number of fused-ring (bicyclic) bond motifs is 1. The number of hydrogen-bond acceptors (Lipinski definition) is 5. The lowest BCUT2D eigenvalue weighted by molar-refractivity contribution is 0.0553. The normalized spacial score (nSPS) is 18.1. The molecule has 0 unspecified atom stereocenters. The van der Waals surface area contributed by atoms with Crippen LogP contribution in [0.4, 0.5) is 4.39 Å². The molecule has 9 heteroatoms. The second-order valence-electron chi connectivity index (χ2n) is 9.58. The fraction of sp³-hybridized carbons (Fsp3) is 0.296. The highest BCUT2D eigenvalue weighted by atomic mass is 32.1. The average molecular weight is 504 g/mol. The summed E-state index contributed by atoms with van der Waals surface area (Å²) in [6.45, 7) is 2.70. The van der Waals surface area contributed by atoms with Crippen LogP contribution in [0.15, 0.2) is 59.6 Å². The fourth-order valence-corrected chi connectivity index (χ4v) is 5.73. The van der Waals surface area contributed by atoms with Crippen LogP contribution >= 0.6 is 11.3 Å². The van der Waals surface area contributed by atoms with Crippen molar-refractivity contribution in [3.05, 3.63) is 76.6 Å². The van der Waals surface area contributed by atoms with E-state index < -0.39 is 0 Å². The van der Waals surface area contributed by atoms with Crippen LogP contribution < -0.4 is 5.32 Å². The number of thiazole rings is 1. The van der Waals surface area contributed by atoms with Crippen LogP contribution in [0.3, 0.4) is 0 Å². The largest absolute Gasteiger partial charge is 0.350 e. The average Bonchev–Trinajstić information content (AvgIpc) is 3.62. The molecule has 0 bridgehead atoms. The number of rotatable bonds is 5. The lowest BCUT2D eigenvalue weighted by Crippen LogP contribution is -2.62. The first-order valence-electron chi connectivity index (χ1n) is 12.0. The lowest BCUT2D eigenvalue weighted by atomic mass is 10.0. The summed E-state index contributed by atoms with van der Waals surface area (Å²) in [6, 6.07) is 12.7. The van der Waals surface area contributed by atoms with Crippen molar-refractivity contribution >= 4 is 34.1 Å². The summed E-state index contributed by atoms with van der Waals surface area (Å²) >= 11 is 1.43. The Balaban J connectivity index is 1.07. The molecule has 0 aliphatic carbocycles. The number of aryl methyl sites for hydroxylation is 1. The van der Waals surface area contributed by atoms with Gasteiger partial charge < -0.3 is 19.7 Å². The summed E-state index contributed by atoms with van der Waals surface area (Å²) < 4.78 is 15.4. The maximum absolute atomic E-state index is 13.4. The molecule has 6 rings (SSSR count). The number of amides is 2. The molecule has 36 heavy (non-hydrogen) atoms. The second-order valence-corrected chi connectivity index (χ2v) is 10.3. The minimum absolute atomic E-state index is 0.00961. The molecule has 2 aliphatic heterocycles. The monoisotopic (exact) mass is 503 g/mol. The van der Waals surface area contributed by atoms with Gasteiger partial charge in [-0.3, -0.25) is 9.59 Å². The van der Waals surface area contributed by atoms with Gasteiger partial charge >= 0.3 is 0 Å². The molecule has 2 amide bonds. The van der Waals surface area contributed by atoms with Gasteiger partial charge in [0, 0.05) is 78.9 Å². The molecule has 2 aromatic heterocycles. The number of benzene rings is 2. The summed E-state index contributed by atoms with van der Waals surface area (Å²) in [6.07, 6.45) is 2.92. The van der Waals surface area contributed by atoms with Crippen molar-refractivity contribution in [1.29, 1.82) is 0 Å². The summed E-state index contributed by atoms with van der Waals surface area (Å²) in [5, 5.41) is 6.43. The maximum atomic E-state index is 13.4. The Kier molecular flexibility index (Phi) is 5.81. The van der Waals surface area contributed by atoms with Gasteiger partial charge in [-0.2, -0.15) is 0 Å². The number of carbonyl (C=O) groups excluding carboxylic acids is 2. The first-order chi connectivity index (χ1) is 17.5. The number of likely N-dealkylation sites (tertiary alicyclic amines) is 2. The van der Waals surface area contributed by atoms with Crippen molar-refractivity contribution in [2.24, 2.45) is 7.05 Å². The van der Waals surface area contributed by atoms with Crippen molar-refractivity contribution in [3.63, 3.8) is 0 Å². The second kappa shape index (κ2) is 9.15. The third-order valence-electron chi connectivity index (χ3n) is 7.16. The van der Waals surface area contributed by atoms with Crippen LogP contribution in [0.2, 0.25) is 0 Å². The van der Waals surface area contributed by atoms with E-state index in [1.54, 1.807) is 23.0 Å². The zero-order chi connectivity index (χ0) is 24.8. The predicted octanol–water partition coefficient (Wildman–Crippen LogP) is 3.77. The minimum Gasteiger partial charge on any atom is -0.350 e. The molecular formula is C27H26FN5O2S. The third-order valence-corrected chi connectivity index (χ3v) is 7.75. The molecular weight excluding hydrogens is 477 g/mol. The van der Waals surface area contributed by atoms with Crippen molar-refractivity contribution < 1.29 is 14.0 Å². The molecule has 0 spiro atoms. The van der Waals surface area contributed by atoms with Gasteiger partial charge in [-0.05, 0) is 36.2 Å². The summed E-state index contributed by atoms with van der Waals surface area (Å²) in [4.78, 5) is 33.5. The number of aromatic nitrogens is 2. The number of nitrogens with one attached hydrogen (secondary N) is 1. The first-order valence-corrected chi connectivity index (χ1v) is 13.0. The molecule has 184 valence electrons. The van der Waals surface area contributed by atoms with Crippen molar-refractivity contribution in [3.8, 4) is 11.1 Å². The van der Waals surface area contributed by atoms with Crippen LogP contribution in [0.1, 0.15) is 27.3 Å². The first kappa shape index (κ1) is 22.9. The lowest BCUT2D eigenvalue weighted by Gasteiger charge is -2.41. The predicted molar refractivity (Wildman–Crippen MR) is 138 cm³/mol. The number of nitrogens with zero attached hydrogens (tertiary/aromatic N) is 4. The number of carbonyl (C=O) groups is 2. The smallest absolute Gasteiger partial charge is 0.273 e. The van der Waals surface area contributed by atoms with Crippen LogP contribution in [0, 0.1) is 5.82 Å². The topological polar surface area (TPSA) is 70.5 Å². The van der Waals surface area contributed by atoms with Gasteiger partial charge in [0.2, 0.25) is 0 Å². The Bertz CT molecular complexity index is 1430. The highest BCUT2D eigenvalue weighted by molar-refractivity contribution is 7.07. The Morgan fingerprint density at radius 2 is 1.81 bits per heavy atom. The molecule has 4 heterocycles. The van der Waals surface area contributed by atoms with E-state index in [0.717, 1.165) is 35.0 Å². The molecule has 2 fully saturated rings. The van der Waals surface area contributed by atoms with Crippen LogP contribution in [-0.4, -0.2) is 69.4 Å². The van der Waals surface area contributed by atoms with Crippen LogP contribution in [0.25, 0.3) is 22.0 Å². The van der Waals surface area contributed by atoms with Gasteiger partial charge in [-0.1, -0.05) is 18.2 Å². The van der Waals surface area contributed by atoms with Gasteiger partial charge in [0.25, 0.3) is 11.8 Å². The van der Waals surface area contributed by atoms with E-state index in [-0.39, 0.29) is 29.7 Å². The van der Waals surface area contributed by atoms with E-state index in [1.165, 1.54) is 23.5 Å². The molecule has 1 N–H and O–H groups in total. The van der Waals surface area contributed by atoms with Crippen molar-refractivity contribution in [1.82, 2.24) is 24.7 Å². The highest BCUT2D eigenvalue weighted by Gasteiger charge is 2.35. The zero-order valence-electron chi connectivity index (χ0n) is 19.9. The molecule has 2 aliphatic rings. The Morgan fingerprint density at radius 3 is 2.56 bits per heavy atom. The van der Waals surface area contributed by atoms with E-state index in [4.69, 9.17) is 0 Å². The Labute approximate surface area is 212 Å². The Hall–Kier alpha value is -3.56. The summed E-state index contributed by atoms with van der Waals surface area (Å²) in [5.74, 6) is -0.251. The SMILES string of the molecule is Cn1cc(-c2ccc(F)cc2)c2ccc(C(=O)N3CC(N[C@H]4CCN(C(=O)c5cscn5)C4)C3)cc21. The highest BCUT2D eigenvalue weighted by Crippen LogP contribution is 2.31. The van der Waals surface area contributed by atoms with E-state index in [1.807, 2.05) is 45.8 Å². The van der Waals surface area contributed by atoms with Crippen molar-refractivity contribution in [2.45, 2.75) is 18.5 Å². The number of halogens is 1. The molecule has 0 radical (unpaired) electrons. The third kappa shape index (κ3) is 4.18. The molecule has 1 atom stereocenters. The molecule has 2 saturated heterocycles. The molecule has 7 nitrogen and oxygen atoms in total.